The first-order valence-corrected chi connectivity index (χ1v) is 5.42. The number of rotatable bonds is 2. The molecule has 4 heteroatoms. The van der Waals surface area contributed by atoms with E-state index in [9.17, 15) is 4.79 Å². The Morgan fingerprint density at radius 2 is 2.25 bits per heavy atom. The summed E-state index contributed by atoms with van der Waals surface area (Å²) in [7, 11) is 0. The van der Waals surface area contributed by atoms with E-state index in [1.165, 1.54) is 0 Å². The molecule has 3 nitrogen and oxygen atoms in total. The number of hydrogen-bond donors (Lipinski definition) is 1. The van der Waals surface area contributed by atoms with Gasteiger partial charge in [0.2, 0.25) is 0 Å². The van der Waals surface area contributed by atoms with Crippen LogP contribution in [-0.2, 0) is 0 Å². The molecule has 16 heavy (non-hydrogen) atoms. The van der Waals surface area contributed by atoms with Crippen LogP contribution < -0.4 is 5.32 Å². The second-order valence-corrected chi connectivity index (χ2v) is 3.86. The van der Waals surface area contributed by atoms with Gasteiger partial charge >= 0.3 is 0 Å². The monoisotopic (exact) mass is 234 g/mol. The number of pyridine rings is 1. The van der Waals surface area contributed by atoms with E-state index in [0.29, 0.717) is 17.1 Å². The van der Waals surface area contributed by atoms with Gasteiger partial charge in [-0.25, -0.2) is 0 Å². The molecule has 2 rings (SSSR count). The van der Waals surface area contributed by atoms with Crippen molar-refractivity contribution < 1.29 is 4.79 Å². The number of hydrogen-bond acceptors (Lipinski definition) is 2. The lowest BCUT2D eigenvalue weighted by molar-refractivity contribution is 0.0955. The molecule has 1 N–H and O–H groups in total. The Morgan fingerprint density at radius 1 is 1.44 bits per heavy atom. The Hall–Kier alpha value is -1.61. The lowest BCUT2D eigenvalue weighted by atomic mass is 10.1. The second kappa shape index (κ2) is 4.49. The first-order chi connectivity index (χ1) is 7.70. The molecule has 1 aromatic carbocycles. The van der Waals surface area contributed by atoms with Crippen LogP contribution in [0, 0.1) is 0 Å². The minimum atomic E-state index is -0.105. The second-order valence-electron chi connectivity index (χ2n) is 3.42. The normalized spacial score (nSPS) is 10.4. The van der Waals surface area contributed by atoms with E-state index in [4.69, 9.17) is 11.6 Å². The van der Waals surface area contributed by atoms with E-state index >= 15 is 0 Å². The first kappa shape index (κ1) is 10.9. The Balaban J connectivity index is 2.44. The highest BCUT2D eigenvalue weighted by Crippen LogP contribution is 2.18. The van der Waals surface area contributed by atoms with Gasteiger partial charge < -0.3 is 5.32 Å². The van der Waals surface area contributed by atoms with E-state index in [-0.39, 0.29) is 5.91 Å². The number of aromatic nitrogens is 1. The summed E-state index contributed by atoms with van der Waals surface area (Å²) in [6, 6.07) is 7.22. The maximum Gasteiger partial charge on any atom is 0.252 e. The van der Waals surface area contributed by atoms with Crippen molar-refractivity contribution >= 4 is 28.4 Å². The third-order valence-corrected chi connectivity index (χ3v) is 2.48. The average Bonchev–Trinajstić information content (AvgIpc) is 2.28. The molecule has 1 amide bonds. The van der Waals surface area contributed by atoms with Gasteiger partial charge in [-0.15, -0.1) is 0 Å². The van der Waals surface area contributed by atoms with Crippen molar-refractivity contribution in [1.29, 1.82) is 0 Å². The van der Waals surface area contributed by atoms with Gasteiger partial charge in [0, 0.05) is 23.2 Å². The quantitative estimate of drug-likeness (QED) is 0.868. The number of benzene rings is 1. The van der Waals surface area contributed by atoms with Crippen molar-refractivity contribution in [1.82, 2.24) is 10.3 Å². The van der Waals surface area contributed by atoms with Crippen molar-refractivity contribution in [2.75, 3.05) is 6.54 Å². The summed E-state index contributed by atoms with van der Waals surface area (Å²) in [5, 5.41) is 4.29. The van der Waals surface area contributed by atoms with Crippen LogP contribution >= 0.6 is 11.6 Å². The number of carbonyl (C=O) groups is 1. The average molecular weight is 235 g/mol. The van der Waals surface area contributed by atoms with Crippen LogP contribution in [0.15, 0.2) is 30.5 Å². The van der Waals surface area contributed by atoms with Crippen molar-refractivity contribution in [2.45, 2.75) is 6.92 Å². The Kier molecular flexibility index (Phi) is 3.06. The van der Waals surface area contributed by atoms with Gasteiger partial charge in [0.1, 0.15) is 0 Å². The summed E-state index contributed by atoms with van der Waals surface area (Å²) in [5.41, 5.74) is 1.36. The fourth-order valence-corrected chi connectivity index (χ4v) is 1.65. The highest BCUT2D eigenvalue weighted by molar-refractivity contribution is 6.31. The molecular formula is C12H11ClN2O. The van der Waals surface area contributed by atoms with Gasteiger partial charge in [-0.3, -0.25) is 9.78 Å². The molecule has 0 bridgehead atoms. The zero-order valence-electron chi connectivity index (χ0n) is 8.83. The SMILES string of the molecule is CCNC(=O)c1cnc2cc(Cl)ccc2c1. The predicted molar refractivity (Wildman–Crippen MR) is 64.8 cm³/mol. The van der Waals surface area contributed by atoms with Gasteiger partial charge in [0.25, 0.3) is 5.91 Å². The standard InChI is InChI=1S/C12H11ClN2O/c1-2-14-12(16)9-5-8-3-4-10(13)6-11(8)15-7-9/h3-7H,2H2,1H3,(H,14,16). The van der Waals surface area contributed by atoms with E-state index in [0.717, 1.165) is 10.9 Å². The highest BCUT2D eigenvalue weighted by atomic mass is 35.5. The van der Waals surface area contributed by atoms with E-state index in [1.54, 1.807) is 18.3 Å². The summed E-state index contributed by atoms with van der Waals surface area (Å²) in [6.45, 7) is 2.49. The summed E-state index contributed by atoms with van der Waals surface area (Å²) < 4.78 is 0. The zero-order chi connectivity index (χ0) is 11.5. The maximum atomic E-state index is 11.6. The molecule has 0 spiro atoms. The summed E-state index contributed by atoms with van der Waals surface area (Å²) in [4.78, 5) is 15.8. The molecule has 0 unspecified atom stereocenters. The van der Waals surface area contributed by atoms with Crippen molar-refractivity contribution in [3.8, 4) is 0 Å². The number of amides is 1. The smallest absolute Gasteiger partial charge is 0.252 e. The number of nitrogens with one attached hydrogen (secondary N) is 1. The largest absolute Gasteiger partial charge is 0.352 e. The van der Waals surface area contributed by atoms with Crippen LogP contribution in [0.2, 0.25) is 5.02 Å². The van der Waals surface area contributed by atoms with Gasteiger partial charge in [-0.2, -0.15) is 0 Å². The molecule has 0 fully saturated rings. The van der Waals surface area contributed by atoms with Gasteiger partial charge in [-0.1, -0.05) is 17.7 Å². The molecule has 2 aromatic rings. The molecule has 0 radical (unpaired) electrons. The number of halogens is 1. The van der Waals surface area contributed by atoms with Crippen molar-refractivity contribution in [2.24, 2.45) is 0 Å². The summed E-state index contributed by atoms with van der Waals surface area (Å²) in [6.07, 6.45) is 1.56. The highest BCUT2D eigenvalue weighted by Gasteiger charge is 2.05. The third kappa shape index (κ3) is 2.14. The molecule has 0 aliphatic heterocycles. The third-order valence-electron chi connectivity index (χ3n) is 2.25. The van der Waals surface area contributed by atoms with Crippen LogP contribution in [0.3, 0.4) is 0 Å². The van der Waals surface area contributed by atoms with E-state index in [1.807, 2.05) is 19.1 Å². The van der Waals surface area contributed by atoms with E-state index < -0.39 is 0 Å². The maximum absolute atomic E-state index is 11.6. The van der Waals surface area contributed by atoms with Crippen LogP contribution in [-0.4, -0.2) is 17.4 Å². The fraction of sp³-hybridized carbons (Fsp3) is 0.167. The number of fused-ring (bicyclic) bond motifs is 1. The summed E-state index contributed by atoms with van der Waals surface area (Å²) in [5.74, 6) is -0.105. The molecule has 0 saturated heterocycles. The Morgan fingerprint density at radius 3 is 3.00 bits per heavy atom. The predicted octanol–water partition coefficient (Wildman–Crippen LogP) is 2.64. The van der Waals surface area contributed by atoms with E-state index in [2.05, 4.69) is 10.3 Å². The molecule has 1 heterocycles. The van der Waals surface area contributed by atoms with Crippen molar-refractivity contribution in [3.05, 3.63) is 41.0 Å². The lowest BCUT2D eigenvalue weighted by Gasteiger charge is -2.03. The van der Waals surface area contributed by atoms with Crippen molar-refractivity contribution in [3.63, 3.8) is 0 Å². The minimum absolute atomic E-state index is 0.105. The Labute approximate surface area is 98.4 Å². The fourth-order valence-electron chi connectivity index (χ4n) is 1.48. The zero-order valence-corrected chi connectivity index (χ0v) is 9.58. The number of carbonyl (C=O) groups excluding carboxylic acids is 1. The van der Waals surface area contributed by atoms with Gasteiger partial charge in [0.15, 0.2) is 0 Å². The number of nitrogens with zero attached hydrogens (tertiary/aromatic N) is 1. The molecular weight excluding hydrogens is 224 g/mol. The van der Waals surface area contributed by atoms with Crippen LogP contribution in [0.1, 0.15) is 17.3 Å². The van der Waals surface area contributed by atoms with Crippen LogP contribution in [0.4, 0.5) is 0 Å². The molecule has 0 atom stereocenters. The van der Waals surface area contributed by atoms with Gasteiger partial charge in [0.05, 0.1) is 11.1 Å². The molecule has 1 aromatic heterocycles. The molecule has 0 aliphatic rings. The van der Waals surface area contributed by atoms with Crippen LogP contribution in [0.5, 0.6) is 0 Å². The van der Waals surface area contributed by atoms with Gasteiger partial charge in [-0.05, 0) is 25.1 Å². The first-order valence-electron chi connectivity index (χ1n) is 5.04. The molecule has 0 aliphatic carbocycles. The molecule has 82 valence electrons. The summed E-state index contributed by atoms with van der Waals surface area (Å²) >= 11 is 5.85. The Bertz CT molecular complexity index is 540. The topological polar surface area (TPSA) is 42.0 Å². The molecule has 0 saturated carbocycles. The lowest BCUT2D eigenvalue weighted by Crippen LogP contribution is -2.22. The minimum Gasteiger partial charge on any atom is -0.352 e. The van der Waals surface area contributed by atoms with Crippen LogP contribution in [0.25, 0.3) is 10.9 Å².